The Morgan fingerprint density at radius 3 is 2.12 bits per heavy atom. The van der Waals surface area contributed by atoms with Gasteiger partial charge in [-0.05, 0) is 61.8 Å². The van der Waals surface area contributed by atoms with Crippen molar-refractivity contribution >= 4 is 34.6 Å². The van der Waals surface area contributed by atoms with Crippen molar-refractivity contribution in [3.63, 3.8) is 0 Å². The van der Waals surface area contributed by atoms with E-state index in [2.05, 4.69) is 20.9 Å². The van der Waals surface area contributed by atoms with E-state index in [0.717, 1.165) is 22.0 Å². The maximum atomic E-state index is 13.5. The summed E-state index contributed by atoms with van der Waals surface area (Å²) in [6.07, 6.45) is 3.93. The van der Waals surface area contributed by atoms with Crippen molar-refractivity contribution < 1.29 is 24.3 Å². The smallest absolute Gasteiger partial charge is 0.326 e. The summed E-state index contributed by atoms with van der Waals surface area (Å²) < 4.78 is 0. The summed E-state index contributed by atoms with van der Waals surface area (Å²) in [5.74, 6) is -2.77. The second-order valence-corrected chi connectivity index (χ2v) is 11.3. The van der Waals surface area contributed by atoms with Crippen LogP contribution in [-0.2, 0) is 32.0 Å². The third kappa shape index (κ3) is 10.2. The van der Waals surface area contributed by atoms with Crippen LogP contribution in [0.1, 0.15) is 50.7 Å². The lowest BCUT2D eigenvalue weighted by Crippen LogP contribution is -2.57. The van der Waals surface area contributed by atoms with E-state index in [1.165, 1.54) is 0 Å². The lowest BCUT2D eigenvalue weighted by molar-refractivity contribution is -0.142. The summed E-state index contributed by atoms with van der Waals surface area (Å²) in [7, 11) is 0. The number of aromatic amines is 1. The zero-order valence-corrected chi connectivity index (χ0v) is 24.8. The van der Waals surface area contributed by atoms with E-state index in [9.17, 15) is 24.3 Å². The monoisotopic (exact) mass is 592 g/mol. The van der Waals surface area contributed by atoms with E-state index in [1.807, 2.05) is 50.4 Å². The number of carbonyl (C=O) groups excluding carboxylic acids is 3. The number of hydrogen-bond donors (Lipinski definition) is 7. The van der Waals surface area contributed by atoms with Crippen molar-refractivity contribution in [2.75, 3.05) is 6.54 Å². The molecule has 3 aromatic rings. The average Bonchev–Trinajstić information content (AvgIpc) is 3.38. The highest BCUT2D eigenvalue weighted by atomic mass is 16.4. The minimum Gasteiger partial charge on any atom is -0.480 e. The maximum absolute atomic E-state index is 13.5. The number of benzene rings is 2. The molecule has 0 aliphatic rings. The molecule has 11 nitrogen and oxygen atoms in total. The number of hydrogen-bond acceptors (Lipinski definition) is 6. The van der Waals surface area contributed by atoms with Crippen molar-refractivity contribution in [3.8, 4) is 0 Å². The van der Waals surface area contributed by atoms with Gasteiger partial charge in [0.25, 0.3) is 0 Å². The first-order valence-corrected chi connectivity index (χ1v) is 14.8. The molecule has 0 bridgehead atoms. The average molecular weight is 593 g/mol. The standard InChI is InChI=1S/C32H44N6O5/c1-20(2)16-27(37-29(39)24(34)18-22-19-35-25-13-7-6-12-23(22)25)31(41)36-26(14-8-9-15-33)30(40)38-28(32(42)43)17-21-10-4-3-5-11-21/h3-7,10-13,19-20,24,26-28,35H,8-9,14-18,33-34H2,1-2H3,(H,36,41)(H,37,39)(H,38,40)(H,42,43). The molecule has 1 aromatic heterocycles. The highest BCUT2D eigenvalue weighted by Crippen LogP contribution is 2.19. The second kappa shape index (κ2) is 16.4. The summed E-state index contributed by atoms with van der Waals surface area (Å²) in [5.41, 5.74) is 14.5. The molecular formula is C32H44N6O5. The molecule has 0 aliphatic carbocycles. The number of carboxylic acids is 1. The molecule has 2 aromatic carbocycles. The summed E-state index contributed by atoms with van der Waals surface area (Å²) in [5, 5.41) is 18.9. The Hall–Kier alpha value is -4.22. The Morgan fingerprint density at radius 2 is 1.44 bits per heavy atom. The highest BCUT2D eigenvalue weighted by molar-refractivity contribution is 5.94. The van der Waals surface area contributed by atoms with Crippen LogP contribution >= 0.6 is 0 Å². The first kappa shape index (κ1) is 33.3. The highest BCUT2D eigenvalue weighted by Gasteiger charge is 2.31. The van der Waals surface area contributed by atoms with Crippen molar-refractivity contribution in [1.82, 2.24) is 20.9 Å². The molecule has 11 heteroatoms. The minimum absolute atomic E-state index is 0.0488. The van der Waals surface area contributed by atoms with Crippen LogP contribution in [0, 0.1) is 5.92 Å². The van der Waals surface area contributed by atoms with Gasteiger partial charge in [0.05, 0.1) is 6.04 Å². The topological polar surface area (TPSA) is 192 Å². The number of rotatable bonds is 17. The molecule has 0 saturated carbocycles. The van der Waals surface area contributed by atoms with E-state index in [4.69, 9.17) is 11.5 Å². The van der Waals surface area contributed by atoms with Crippen LogP contribution < -0.4 is 27.4 Å². The van der Waals surface area contributed by atoms with E-state index in [0.29, 0.717) is 25.8 Å². The molecule has 232 valence electrons. The van der Waals surface area contributed by atoms with Crippen LogP contribution in [0.15, 0.2) is 60.8 Å². The van der Waals surface area contributed by atoms with Gasteiger partial charge in [-0.2, -0.15) is 0 Å². The number of aromatic nitrogens is 1. The SMILES string of the molecule is CC(C)CC(NC(=O)C(N)Cc1c[nH]c2ccccc12)C(=O)NC(CCCCN)C(=O)NC(Cc1ccccc1)C(=O)O. The van der Waals surface area contributed by atoms with E-state index < -0.39 is 47.9 Å². The molecule has 0 spiro atoms. The first-order chi connectivity index (χ1) is 20.6. The molecule has 0 saturated heterocycles. The van der Waals surface area contributed by atoms with Gasteiger partial charge in [-0.15, -0.1) is 0 Å². The third-order valence-electron chi connectivity index (χ3n) is 7.27. The fourth-order valence-electron chi connectivity index (χ4n) is 4.97. The second-order valence-electron chi connectivity index (χ2n) is 11.3. The van der Waals surface area contributed by atoms with Crippen LogP contribution in [-0.4, -0.2) is 64.5 Å². The Labute approximate surface area is 252 Å². The van der Waals surface area contributed by atoms with Gasteiger partial charge in [-0.25, -0.2) is 4.79 Å². The van der Waals surface area contributed by atoms with Crippen LogP contribution in [0.25, 0.3) is 10.9 Å². The fourth-order valence-corrected chi connectivity index (χ4v) is 4.97. The van der Waals surface area contributed by atoms with Crippen molar-refractivity contribution in [1.29, 1.82) is 0 Å². The van der Waals surface area contributed by atoms with Crippen LogP contribution in [0.2, 0.25) is 0 Å². The molecule has 3 amide bonds. The van der Waals surface area contributed by atoms with Crippen LogP contribution in [0.5, 0.6) is 0 Å². The Kier molecular flexibility index (Phi) is 12.7. The van der Waals surface area contributed by atoms with E-state index >= 15 is 0 Å². The van der Waals surface area contributed by atoms with Gasteiger partial charge in [0.2, 0.25) is 17.7 Å². The number of amides is 3. The number of unbranched alkanes of at least 4 members (excludes halogenated alkanes) is 1. The lowest BCUT2D eigenvalue weighted by Gasteiger charge is -2.26. The van der Waals surface area contributed by atoms with Gasteiger partial charge in [-0.1, -0.05) is 62.4 Å². The summed E-state index contributed by atoms with van der Waals surface area (Å²) in [6, 6.07) is 12.7. The van der Waals surface area contributed by atoms with E-state index in [-0.39, 0.29) is 25.2 Å². The molecular weight excluding hydrogens is 548 g/mol. The van der Waals surface area contributed by atoms with Gasteiger partial charge >= 0.3 is 5.97 Å². The summed E-state index contributed by atoms with van der Waals surface area (Å²) >= 11 is 0. The Balaban J connectivity index is 1.70. The maximum Gasteiger partial charge on any atom is 0.326 e. The lowest BCUT2D eigenvalue weighted by atomic mass is 10.00. The number of fused-ring (bicyclic) bond motifs is 1. The van der Waals surface area contributed by atoms with Crippen LogP contribution in [0.4, 0.5) is 0 Å². The predicted molar refractivity (Wildman–Crippen MR) is 166 cm³/mol. The Bertz CT molecular complexity index is 1360. The number of carboxylic acid groups (broad SMARTS) is 1. The molecule has 0 radical (unpaired) electrons. The third-order valence-corrected chi connectivity index (χ3v) is 7.27. The molecule has 4 atom stereocenters. The molecule has 4 unspecified atom stereocenters. The van der Waals surface area contributed by atoms with Gasteiger partial charge in [0.15, 0.2) is 0 Å². The number of carbonyl (C=O) groups is 4. The first-order valence-electron chi connectivity index (χ1n) is 14.8. The van der Waals surface area contributed by atoms with Crippen molar-refractivity contribution in [2.45, 2.75) is 76.5 Å². The predicted octanol–water partition coefficient (Wildman–Crippen LogP) is 1.99. The number of para-hydroxylation sites is 1. The normalized spacial score (nSPS) is 14.1. The van der Waals surface area contributed by atoms with Gasteiger partial charge < -0.3 is 37.5 Å². The molecule has 0 fully saturated rings. The molecule has 9 N–H and O–H groups in total. The van der Waals surface area contributed by atoms with Gasteiger partial charge in [0.1, 0.15) is 18.1 Å². The fraction of sp³-hybridized carbons (Fsp3) is 0.438. The number of aliphatic carboxylic acids is 1. The molecule has 3 rings (SSSR count). The van der Waals surface area contributed by atoms with Crippen molar-refractivity contribution in [2.24, 2.45) is 17.4 Å². The zero-order valence-electron chi connectivity index (χ0n) is 24.8. The summed E-state index contributed by atoms with van der Waals surface area (Å²) in [6.45, 7) is 4.25. The summed E-state index contributed by atoms with van der Waals surface area (Å²) in [4.78, 5) is 55.1. The van der Waals surface area contributed by atoms with Crippen molar-refractivity contribution in [3.05, 3.63) is 71.9 Å². The molecule has 0 aliphatic heterocycles. The quantitative estimate of drug-likeness (QED) is 0.117. The Morgan fingerprint density at radius 1 is 0.814 bits per heavy atom. The molecule has 43 heavy (non-hydrogen) atoms. The molecule has 1 heterocycles. The van der Waals surface area contributed by atoms with E-state index in [1.54, 1.807) is 24.3 Å². The zero-order chi connectivity index (χ0) is 31.4. The van der Waals surface area contributed by atoms with Crippen LogP contribution in [0.3, 0.4) is 0 Å². The van der Waals surface area contributed by atoms with Gasteiger partial charge in [0, 0.05) is 23.5 Å². The minimum atomic E-state index is -1.18. The largest absolute Gasteiger partial charge is 0.480 e. The number of H-pyrrole nitrogens is 1. The van der Waals surface area contributed by atoms with Gasteiger partial charge in [-0.3, -0.25) is 14.4 Å². The number of nitrogens with two attached hydrogens (primary N) is 2. The number of nitrogens with one attached hydrogen (secondary N) is 4.